The van der Waals surface area contributed by atoms with Crippen molar-refractivity contribution in [2.45, 2.75) is 6.92 Å². The van der Waals surface area contributed by atoms with Crippen LogP contribution in [0.3, 0.4) is 0 Å². The number of ketones is 2. The highest BCUT2D eigenvalue weighted by atomic mass is 16.5. The van der Waals surface area contributed by atoms with E-state index in [0.717, 1.165) is 0 Å². The van der Waals surface area contributed by atoms with Gasteiger partial charge < -0.3 is 10.5 Å². The van der Waals surface area contributed by atoms with Crippen molar-refractivity contribution in [3.63, 3.8) is 0 Å². The number of carbonyl (C=O) groups excluding carboxylic acids is 3. The second kappa shape index (κ2) is 5.11. The lowest BCUT2D eigenvalue weighted by molar-refractivity contribution is 0.0526. The van der Waals surface area contributed by atoms with E-state index < -0.39 is 5.97 Å². The Morgan fingerprint density at radius 2 is 1.82 bits per heavy atom. The summed E-state index contributed by atoms with van der Waals surface area (Å²) in [6.07, 6.45) is 0. The van der Waals surface area contributed by atoms with Crippen LogP contribution in [0.25, 0.3) is 0 Å². The SMILES string of the molecule is CCOC(=O)c1ccc2c(c1)C(=O)c1cccc(N)c1C2=O. The van der Waals surface area contributed by atoms with Crippen LogP contribution in [0.5, 0.6) is 0 Å². The lowest BCUT2D eigenvalue weighted by Crippen LogP contribution is -2.23. The van der Waals surface area contributed by atoms with Crippen LogP contribution in [0, 0.1) is 0 Å². The first-order valence-electron chi connectivity index (χ1n) is 6.83. The average molecular weight is 295 g/mol. The quantitative estimate of drug-likeness (QED) is 0.578. The number of fused-ring (bicyclic) bond motifs is 2. The molecule has 1 aliphatic rings. The van der Waals surface area contributed by atoms with Crippen LogP contribution in [0.1, 0.15) is 49.1 Å². The highest BCUT2D eigenvalue weighted by molar-refractivity contribution is 6.30. The zero-order valence-electron chi connectivity index (χ0n) is 11.9. The van der Waals surface area contributed by atoms with Crippen molar-refractivity contribution >= 4 is 23.2 Å². The molecule has 0 aliphatic heterocycles. The summed E-state index contributed by atoms with van der Waals surface area (Å²) < 4.78 is 4.91. The zero-order chi connectivity index (χ0) is 15.9. The number of rotatable bonds is 2. The van der Waals surface area contributed by atoms with Gasteiger partial charge in [0, 0.05) is 22.4 Å². The maximum absolute atomic E-state index is 12.6. The van der Waals surface area contributed by atoms with Gasteiger partial charge in [0.1, 0.15) is 0 Å². The van der Waals surface area contributed by atoms with Gasteiger partial charge in [0.05, 0.1) is 17.7 Å². The van der Waals surface area contributed by atoms with E-state index in [-0.39, 0.29) is 51.7 Å². The second-order valence-corrected chi connectivity index (χ2v) is 4.91. The minimum atomic E-state index is -0.524. The Kier molecular flexibility index (Phi) is 3.25. The van der Waals surface area contributed by atoms with Gasteiger partial charge in [-0.1, -0.05) is 12.1 Å². The summed E-state index contributed by atoms with van der Waals surface area (Å²) in [6.45, 7) is 1.94. The van der Waals surface area contributed by atoms with Crippen LogP contribution < -0.4 is 5.73 Å². The van der Waals surface area contributed by atoms with Gasteiger partial charge in [-0.05, 0) is 31.2 Å². The van der Waals surface area contributed by atoms with Gasteiger partial charge in [-0.2, -0.15) is 0 Å². The fourth-order valence-corrected chi connectivity index (χ4v) is 2.56. The molecular weight excluding hydrogens is 282 g/mol. The zero-order valence-corrected chi connectivity index (χ0v) is 11.9. The van der Waals surface area contributed by atoms with Gasteiger partial charge in [-0.25, -0.2) is 4.79 Å². The van der Waals surface area contributed by atoms with Crippen molar-refractivity contribution in [2.24, 2.45) is 0 Å². The van der Waals surface area contributed by atoms with Gasteiger partial charge in [0.15, 0.2) is 11.6 Å². The molecule has 0 spiro atoms. The minimum absolute atomic E-state index is 0.202. The highest BCUT2D eigenvalue weighted by Gasteiger charge is 2.31. The van der Waals surface area contributed by atoms with E-state index in [4.69, 9.17) is 10.5 Å². The van der Waals surface area contributed by atoms with Gasteiger partial charge in [0.2, 0.25) is 0 Å². The number of hydrogen-bond donors (Lipinski definition) is 1. The molecule has 0 saturated carbocycles. The molecule has 3 rings (SSSR count). The van der Waals surface area contributed by atoms with Crippen LogP contribution >= 0.6 is 0 Å². The molecule has 0 atom stereocenters. The van der Waals surface area contributed by atoms with Crippen LogP contribution in [-0.4, -0.2) is 24.1 Å². The Hall–Kier alpha value is -2.95. The molecule has 2 aromatic rings. The number of hydrogen-bond acceptors (Lipinski definition) is 5. The van der Waals surface area contributed by atoms with Gasteiger partial charge in [-0.15, -0.1) is 0 Å². The lowest BCUT2D eigenvalue weighted by Gasteiger charge is -2.19. The molecule has 110 valence electrons. The number of carbonyl (C=O) groups is 3. The van der Waals surface area contributed by atoms with E-state index in [1.165, 1.54) is 18.2 Å². The standard InChI is InChI=1S/C17H13NO4/c1-2-22-17(21)9-6-7-10-12(8-9)15(19)11-4-3-5-13(18)14(11)16(10)20/h3-8H,2,18H2,1H3. The summed E-state index contributed by atoms with van der Waals surface area (Å²) in [5.41, 5.74) is 7.28. The van der Waals surface area contributed by atoms with Gasteiger partial charge >= 0.3 is 5.97 Å². The molecule has 0 bridgehead atoms. The molecular formula is C17H13NO4. The molecule has 0 heterocycles. The normalized spacial score (nSPS) is 12.6. The summed E-state index contributed by atoms with van der Waals surface area (Å²) in [5.74, 6) is -1.15. The predicted octanol–water partition coefficient (Wildman–Crippen LogP) is 2.22. The number of nitrogen functional groups attached to an aromatic ring is 1. The maximum Gasteiger partial charge on any atom is 0.338 e. The Morgan fingerprint density at radius 3 is 2.55 bits per heavy atom. The third-order valence-corrected chi connectivity index (χ3v) is 3.59. The van der Waals surface area contributed by atoms with Crippen molar-refractivity contribution in [1.82, 2.24) is 0 Å². The molecule has 2 aromatic carbocycles. The first-order valence-corrected chi connectivity index (χ1v) is 6.83. The van der Waals surface area contributed by atoms with Crippen molar-refractivity contribution in [3.8, 4) is 0 Å². The first-order chi connectivity index (χ1) is 10.5. The van der Waals surface area contributed by atoms with Crippen molar-refractivity contribution in [3.05, 3.63) is 64.2 Å². The maximum atomic E-state index is 12.6. The second-order valence-electron chi connectivity index (χ2n) is 4.91. The van der Waals surface area contributed by atoms with E-state index in [9.17, 15) is 14.4 Å². The average Bonchev–Trinajstić information content (AvgIpc) is 2.52. The Balaban J connectivity index is 2.16. The fourth-order valence-electron chi connectivity index (χ4n) is 2.56. The predicted molar refractivity (Wildman–Crippen MR) is 80.1 cm³/mol. The first kappa shape index (κ1) is 14.0. The largest absolute Gasteiger partial charge is 0.462 e. The van der Waals surface area contributed by atoms with Crippen LogP contribution in [0.4, 0.5) is 5.69 Å². The van der Waals surface area contributed by atoms with E-state index >= 15 is 0 Å². The summed E-state index contributed by atoms with van der Waals surface area (Å²) >= 11 is 0. The molecule has 0 amide bonds. The van der Waals surface area contributed by atoms with Crippen LogP contribution in [0.15, 0.2) is 36.4 Å². The number of anilines is 1. The minimum Gasteiger partial charge on any atom is -0.462 e. The molecule has 2 N–H and O–H groups in total. The third kappa shape index (κ3) is 1.98. The number of benzene rings is 2. The van der Waals surface area contributed by atoms with E-state index in [0.29, 0.717) is 0 Å². The summed E-state index contributed by atoms with van der Waals surface area (Å²) in [4.78, 5) is 36.9. The molecule has 0 radical (unpaired) electrons. The number of nitrogens with two attached hydrogens (primary N) is 1. The summed E-state index contributed by atoms with van der Waals surface area (Å²) in [6, 6.07) is 9.12. The van der Waals surface area contributed by atoms with E-state index in [2.05, 4.69) is 0 Å². The summed E-state index contributed by atoms with van der Waals surface area (Å²) in [7, 11) is 0. The van der Waals surface area contributed by atoms with Crippen LogP contribution in [-0.2, 0) is 4.74 Å². The van der Waals surface area contributed by atoms with E-state index in [1.807, 2.05) is 0 Å². The third-order valence-electron chi connectivity index (χ3n) is 3.59. The van der Waals surface area contributed by atoms with Gasteiger partial charge in [0.25, 0.3) is 0 Å². The molecule has 0 aromatic heterocycles. The molecule has 0 unspecified atom stereocenters. The highest BCUT2D eigenvalue weighted by Crippen LogP contribution is 2.31. The lowest BCUT2D eigenvalue weighted by atomic mass is 9.82. The fraction of sp³-hybridized carbons (Fsp3) is 0.118. The molecule has 22 heavy (non-hydrogen) atoms. The molecule has 0 fully saturated rings. The van der Waals surface area contributed by atoms with E-state index in [1.54, 1.807) is 25.1 Å². The van der Waals surface area contributed by atoms with Crippen LogP contribution in [0.2, 0.25) is 0 Å². The Bertz CT molecular complexity index is 823. The number of esters is 1. The van der Waals surface area contributed by atoms with Gasteiger partial charge in [-0.3, -0.25) is 9.59 Å². The van der Waals surface area contributed by atoms with Crippen molar-refractivity contribution < 1.29 is 19.1 Å². The monoisotopic (exact) mass is 295 g/mol. The summed E-state index contributed by atoms with van der Waals surface area (Å²) in [5, 5.41) is 0. The Morgan fingerprint density at radius 1 is 1.05 bits per heavy atom. The van der Waals surface area contributed by atoms with Crippen molar-refractivity contribution in [1.29, 1.82) is 0 Å². The number of ether oxygens (including phenoxy) is 1. The topological polar surface area (TPSA) is 86.5 Å². The smallest absolute Gasteiger partial charge is 0.338 e. The van der Waals surface area contributed by atoms with Crippen molar-refractivity contribution in [2.75, 3.05) is 12.3 Å². The molecule has 0 saturated heterocycles. The molecule has 1 aliphatic carbocycles. The molecule has 5 nitrogen and oxygen atoms in total. The molecule has 5 heteroatoms. The Labute approximate surface area is 126 Å².